The van der Waals surface area contributed by atoms with Gasteiger partial charge in [0.05, 0.1) is 7.11 Å². The van der Waals surface area contributed by atoms with Crippen LogP contribution in [0.25, 0.3) is 0 Å². The topological polar surface area (TPSA) is 9.23 Å². The van der Waals surface area contributed by atoms with Gasteiger partial charge in [-0.3, -0.25) is 0 Å². The third-order valence-corrected chi connectivity index (χ3v) is 4.07. The highest BCUT2D eigenvalue weighted by molar-refractivity contribution is 5.48. The van der Waals surface area contributed by atoms with E-state index in [1.165, 1.54) is 27.8 Å². The van der Waals surface area contributed by atoms with Crippen LogP contribution in [0.15, 0.2) is 72.8 Å². The van der Waals surface area contributed by atoms with Crippen molar-refractivity contribution in [2.24, 2.45) is 0 Å². The van der Waals surface area contributed by atoms with Crippen molar-refractivity contribution >= 4 is 0 Å². The SMILES string of the molecule is COc1c(Cc2ccccc2)cc(C)cc1Cc1ccccc1. The molecular formula is C22H22O. The smallest absolute Gasteiger partial charge is 0.125 e. The van der Waals surface area contributed by atoms with Gasteiger partial charge in [0.2, 0.25) is 0 Å². The number of methoxy groups -OCH3 is 1. The van der Waals surface area contributed by atoms with Crippen molar-refractivity contribution < 1.29 is 4.74 Å². The monoisotopic (exact) mass is 302 g/mol. The molecule has 0 spiro atoms. The van der Waals surface area contributed by atoms with Gasteiger partial charge in [0, 0.05) is 12.8 Å². The average molecular weight is 302 g/mol. The summed E-state index contributed by atoms with van der Waals surface area (Å²) in [4.78, 5) is 0. The summed E-state index contributed by atoms with van der Waals surface area (Å²) in [6, 6.07) is 25.6. The number of benzene rings is 3. The van der Waals surface area contributed by atoms with Gasteiger partial charge < -0.3 is 4.74 Å². The molecule has 0 saturated heterocycles. The van der Waals surface area contributed by atoms with E-state index in [0.29, 0.717) is 0 Å². The molecule has 1 heteroatoms. The Balaban J connectivity index is 1.96. The molecule has 0 saturated carbocycles. The first-order valence-electron chi connectivity index (χ1n) is 8.00. The molecule has 0 aliphatic carbocycles. The van der Waals surface area contributed by atoms with Crippen LogP contribution in [0.5, 0.6) is 5.75 Å². The first-order chi connectivity index (χ1) is 11.3. The Labute approximate surface area is 138 Å². The Kier molecular flexibility index (Phi) is 4.77. The molecule has 0 aromatic heterocycles. The van der Waals surface area contributed by atoms with Crippen molar-refractivity contribution in [3.8, 4) is 5.75 Å². The number of hydrogen-bond acceptors (Lipinski definition) is 1. The fraction of sp³-hybridized carbons (Fsp3) is 0.182. The average Bonchev–Trinajstić information content (AvgIpc) is 2.56. The molecule has 0 aliphatic heterocycles. The summed E-state index contributed by atoms with van der Waals surface area (Å²) < 4.78 is 5.78. The minimum absolute atomic E-state index is 0.896. The summed E-state index contributed by atoms with van der Waals surface area (Å²) in [7, 11) is 1.77. The normalized spacial score (nSPS) is 10.5. The van der Waals surface area contributed by atoms with E-state index < -0.39 is 0 Å². The van der Waals surface area contributed by atoms with Gasteiger partial charge in [-0.15, -0.1) is 0 Å². The largest absolute Gasteiger partial charge is 0.496 e. The fourth-order valence-electron chi connectivity index (χ4n) is 3.08. The second-order valence-corrected chi connectivity index (χ2v) is 5.94. The van der Waals surface area contributed by atoms with Crippen molar-refractivity contribution in [1.29, 1.82) is 0 Å². The maximum atomic E-state index is 5.78. The number of rotatable bonds is 5. The summed E-state index contributed by atoms with van der Waals surface area (Å²) in [5, 5.41) is 0. The summed E-state index contributed by atoms with van der Waals surface area (Å²) in [5.74, 6) is 1.02. The number of aryl methyl sites for hydroxylation is 1. The van der Waals surface area contributed by atoms with Crippen LogP contribution in [0.2, 0.25) is 0 Å². The molecule has 0 amide bonds. The van der Waals surface area contributed by atoms with Crippen LogP contribution in [-0.4, -0.2) is 7.11 Å². The van der Waals surface area contributed by atoms with E-state index in [0.717, 1.165) is 18.6 Å². The van der Waals surface area contributed by atoms with Crippen molar-refractivity contribution in [2.75, 3.05) is 7.11 Å². The maximum Gasteiger partial charge on any atom is 0.125 e. The zero-order valence-electron chi connectivity index (χ0n) is 13.8. The Morgan fingerprint density at radius 3 is 1.52 bits per heavy atom. The van der Waals surface area contributed by atoms with Gasteiger partial charge in [-0.2, -0.15) is 0 Å². The first-order valence-corrected chi connectivity index (χ1v) is 8.00. The minimum atomic E-state index is 0.896. The highest BCUT2D eigenvalue weighted by Crippen LogP contribution is 2.29. The van der Waals surface area contributed by atoms with Gasteiger partial charge in [0.25, 0.3) is 0 Å². The quantitative estimate of drug-likeness (QED) is 0.630. The summed E-state index contributed by atoms with van der Waals surface area (Å²) in [6.45, 7) is 2.16. The molecular weight excluding hydrogens is 280 g/mol. The van der Waals surface area contributed by atoms with Gasteiger partial charge in [-0.1, -0.05) is 78.4 Å². The highest BCUT2D eigenvalue weighted by Gasteiger charge is 2.12. The molecule has 0 N–H and O–H groups in total. The molecule has 0 heterocycles. The third-order valence-electron chi connectivity index (χ3n) is 4.07. The molecule has 1 nitrogen and oxygen atoms in total. The standard InChI is InChI=1S/C22H22O/c1-17-13-20(15-18-9-5-3-6-10-18)22(23-2)21(14-17)16-19-11-7-4-8-12-19/h3-14H,15-16H2,1-2H3. The molecule has 3 aromatic carbocycles. The molecule has 0 atom stereocenters. The molecule has 3 rings (SSSR count). The number of hydrogen-bond donors (Lipinski definition) is 0. The van der Waals surface area contributed by atoms with Crippen molar-refractivity contribution in [3.05, 3.63) is 101 Å². The zero-order chi connectivity index (χ0) is 16.1. The predicted octanol–water partition coefficient (Wildman–Crippen LogP) is 5.19. The van der Waals surface area contributed by atoms with Crippen LogP contribution < -0.4 is 4.74 Å². The van der Waals surface area contributed by atoms with Gasteiger partial charge in [0.15, 0.2) is 0 Å². The van der Waals surface area contributed by atoms with Crippen LogP contribution in [0.1, 0.15) is 27.8 Å². The Morgan fingerprint density at radius 2 is 1.13 bits per heavy atom. The van der Waals surface area contributed by atoms with E-state index in [1.54, 1.807) is 7.11 Å². The van der Waals surface area contributed by atoms with Crippen molar-refractivity contribution in [3.63, 3.8) is 0 Å². The lowest BCUT2D eigenvalue weighted by molar-refractivity contribution is 0.406. The van der Waals surface area contributed by atoms with Crippen LogP contribution >= 0.6 is 0 Å². The molecule has 3 aromatic rings. The Bertz CT molecular complexity index is 698. The molecule has 0 radical (unpaired) electrons. The zero-order valence-corrected chi connectivity index (χ0v) is 13.8. The lowest BCUT2D eigenvalue weighted by Gasteiger charge is -2.15. The van der Waals surface area contributed by atoms with Gasteiger partial charge in [-0.05, 0) is 29.2 Å². The molecule has 0 aliphatic rings. The van der Waals surface area contributed by atoms with Gasteiger partial charge in [-0.25, -0.2) is 0 Å². The molecule has 23 heavy (non-hydrogen) atoms. The maximum absolute atomic E-state index is 5.78. The van der Waals surface area contributed by atoms with Gasteiger partial charge in [0.1, 0.15) is 5.75 Å². The van der Waals surface area contributed by atoms with Crippen LogP contribution in [0.3, 0.4) is 0 Å². The molecule has 0 unspecified atom stereocenters. The minimum Gasteiger partial charge on any atom is -0.496 e. The Morgan fingerprint density at radius 1 is 0.696 bits per heavy atom. The number of ether oxygens (including phenoxy) is 1. The molecule has 0 fully saturated rings. The lowest BCUT2D eigenvalue weighted by Crippen LogP contribution is -2.01. The van der Waals surface area contributed by atoms with E-state index in [-0.39, 0.29) is 0 Å². The second-order valence-electron chi connectivity index (χ2n) is 5.94. The Hall–Kier alpha value is -2.54. The van der Waals surface area contributed by atoms with Crippen molar-refractivity contribution in [1.82, 2.24) is 0 Å². The van der Waals surface area contributed by atoms with E-state index in [4.69, 9.17) is 4.74 Å². The summed E-state index contributed by atoms with van der Waals surface area (Å²) in [6.07, 6.45) is 1.79. The van der Waals surface area contributed by atoms with E-state index in [2.05, 4.69) is 79.7 Å². The van der Waals surface area contributed by atoms with E-state index in [1.807, 2.05) is 0 Å². The predicted molar refractivity (Wildman–Crippen MR) is 96.2 cm³/mol. The summed E-state index contributed by atoms with van der Waals surface area (Å²) >= 11 is 0. The fourth-order valence-corrected chi connectivity index (χ4v) is 3.08. The van der Waals surface area contributed by atoms with Crippen LogP contribution in [-0.2, 0) is 12.8 Å². The van der Waals surface area contributed by atoms with E-state index in [9.17, 15) is 0 Å². The van der Waals surface area contributed by atoms with E-state index >= 15 is 0 Å². The highest BCUT2D eigenvalue weighted by atomic mass is 16.5. The molecule has 0 bridgehead atoms. The second kappa shape index (κ2) is 7.15. The first kappa shape index (κ1) is 15.4. The van der Waals surface area contributed by atoms with Crippen LogP contribution in [0.4, 0.5) is 0 Å². The lowest BCUT2D eigenvalue weighted by atomic mass is 9.95. The van der Waals surface area contributed by atoms with Crippen LogP contribution in [0, 0.1) is 6.92 Å². The third kappa shape index (κ3) is 3.81. The summed E-state index contributed by atoms with van der Waals surface area (Å²) in [5.41, 5.74) is 6.40. The molecule has 116 valence electrons. The van der Waals surface area contributed by atoms with Gasteiger partial charge >= 0.3 is 0 Å². The van der Waals surface area contributed by atoms with Crippen molar-refractivity contribution in [2.45, 2.75) is 19.8 Å².